The number of nitrogens with one attached hydrogen (secondary N) is 1. The molecule has 2 N–H and O–H groups in total. The van der Waals surface area contributed by atoms with E-state index in [4.69, 9.17) is 0 Å². The number of rotatable bonds is 10. The molecular weight excluding hydrogens is 340 g/mol. The van der Waals surface area contributed by atoms with Gasteiger partial charge in [0, 0.05) is 26.1 Å². The standard InChI is InChI=1S/C22H30N2O3/c1-3-13-22(27,14-4-2)17-23-21(26)19-10-11-20(25)24(16-19)15-12-18-8-6-5-7-9-18/h3-9,19,27H,1-2,10-17H2,(H,23,26)/t19-/m1/s1. The molecule has 5 heteroatoms. The van der Waals surface area contributed by atoms with E-state index in [1.54, 1.807) is 17.1 Å². The molecule has 1 atom stereocenters. The van der Waals surface area contributed by atoms with Gasteiger partial charge in [0.1, 0.15) is 0 Å². The highest BCUT2D eigenvalue weighted by atomic mass is 16.3. The van der Waals surface area contributed by atoms with Crippen LogP contribution in [-0.2, 0) is 16.0 Å². The Hall–Kier alpha value is -2.40. The van der Waals surface area contributed by atoms with Crippen molar-refractivity contribution in [2.75, 3.05) is 19.6 Å². The molecule has 1 aromatic carbocycles. The number of hydrogen-bond acceptors (Lipinski definition) is 3. The average Bonchev–Trinajstić information content (AvgIpc) is 2.67. The normalized spacial score (nSPS) is 17.4. The van der Waals surface area contributed by atoms with Crippen molar-refractivity contribution >= 4 is 11.8 Å². The monoisotopic (exact) mass is 370 g/mol. The SMILES string of the molecule is C=CCC(O)(CC=C)CNC(=O)[C@@H]1CCC(=O)N(CCc2ccccc2)C1. The van der Waals surface area contributed by atoms with Crippen molar-refractivity contribution in [3.63, 3.8) is 0 Å². The van der Waals surface area contributed by atoms with Gasteiger partial charge in [-0.3, -0.25) is 9.59 Å². The van der Waals surface area contributed by atoms with E-state index in [0.29, 0.717) is 38.8 Å². The molecule has 0 unspecified atom stereocenters. The molecule has 146 valence electrons. The number of likely N-dealkylation sites (tertiary alicyclic amines) is 1. The van der Waals surface area contributed by atoms with Crippen LogP contribution in [0.4, 0.5) is 0 Å². The summed E-state index contributed by atoms with van der Waals surface area (Å²) >= 11 is 0. The van der Waals surface area contributed by atoms with Crippen LogP contribution >= 0.6 is 0 Å². The lowest BCUT2D eigenvalue weighted by Gasteiger charge is -2.33. The molecule has 1 aliphatic heterocycles. The summed E-state index contributed by atoms with van der Waals surface area (Å²) in [6.45, 7) is 8.51. The third-order valence-electron chi connectivity index (χ3n) is 5.02. The van der Waals surface area contributed by atoms with Crippen LogP contribution in [0.15, 0.2) is 55.6 Å². The number of amides is 2. The Labute approximate surface area is 161 Å². The number of hydrogen-bond donors (Lipinski definition) is 2. The largest absolute Gasteiger partial charge is 0.387 e. The van der Waals surface area contributed by atoms with Crippen LogP contribution in [0.5, 0.6) is 0 Å². The summed E-state index contributed by atoms with van der Waals surface area (Å²) in [7, 11) is 0. The highest BCUT2D eigenvalue weighted by Gasteiger charge is 2.31. The van der Waals surface area contributed by atoms with Gasteiger partial charge in [0.25, 0.3) is 0 Å². The number of carbonyl (C=O) groups is 2. The maximum Gasteiger partial charge on any atom is 0.225 e. The van der Waals surface area contributed by atoms with Crippen molar-refractivity contribution in [3.05, 3.63) is 61.2 Å². The van der Waals surface area contributed by atoms with E-state index in [1.807, 2.05) is 30.3 Å². The summed E-state index contributed by atoms with van der Waals surface area (Å²) in [6, 6.07) is 10.0. The first kappa shape index (κ1) is 20.9. The van der Waals surface area contributed by atoms with Crippen molar-refractivity contribution in [2.24, 2.45) is 5.92 Å². The van der Waals surface area contributed by atoms with Gasteiger partial charge >= 0.3 is 0 Å². The molecule has 27 heavy (non-hydrogen) atoms. The zero-order valence-electron chi connectivity index (χ0n) is 15.9. The van der Waals surface area contributed by atoms with Crippen LogP contribution < -0.4 is 5.32 Å². The molecular formula is C22H30N2O3. The minimum atomic E-state index is -1.06. The summed E-state index contributed by atoms with van der Waals surface area (Å²) in [5.74, 6) is -0.251. The third kappa shape index (κ3) is 6.36. The van der Waals surface area contributed by atoms with Gasteiger partial charge in [-0.1, -0.05) is 42.5 Å². The topological polar surface area (TPSA) is 69.6 Å². The maximum absolute atomic E-state index is 12.6. The Kier molecular flexibility index (Phi) is 7.80. The number of piperidine rings is 1. The van der Waals surface area contributed by atoms with Crippen LogP contribution in [0.3, 0.4) is 0 Å². The van der Waals surface area contributed by atoms with E-state index in [9.17, 15) is 14.7 Å². The second-order valence-corrected chi connectivity index (χ2v) is 7.24. The summed E-state index contributed by atoms with van der Waals surface area (Å²) in [4.78, 5) is 26.5. The zero-order chi connectivity index (χ0) is 19.7. The summed E-state index contributed by atoms with van der Waals surface area (Å²) < 4.78 is 0. The van der Waals surface area contributed by atoms with Crippen molar-refractivity contribution in [3.8, 4) is 0 Å². The minimum absolute atomic E-state index is 0.102. The fraction of sp³-hybridized carbons (Fsp3) is 0.455. The Bertz CT molecular complexity index is 647. The molecule has 0 bridgehead atoms. The number of benzene rings is 1. The predicted molar refractivity (Wildman–Crippen MR) is 107 cm³/mol. The molecule has 1 heterocycles. The van der Waals surface area contributed by atoms with Crippen LogP contribution in [0.1, 0.15) is 31.2 Å². The van der Waals surface area contributed by atoms with E-state index < -0.39 is 5.60 Å². The van der Waals surface area contributed by atoms with Crippen molar-refractivity contribution in [2.45, 2.75) is 37.7 Å². The lowest BCUT2D eigenvalue weighted by Crippen LogP contribution is -2.49. The second kappa shape index (κ2) is 10.1. The van der Waals surface area contributed by atoms with Crippen molar-refractivity contribution in [1.82, 2.24) is 10.2 Å². The van der Waals surface area contributed by atoms with Crippen LogP contribution in [-0.4, -0.2) is 47.1 Å². The fourth-order valence-corrected chi connectivity index (χ4v) is 3.41. The molecule has 0 aliphatic carbocycles. The Balaban J connectivity index is 1.88. The molecule has 0 radical (unpaired) electrons. The average molecular weight is 370 g/mol. The van der Waals surface area contributed by atoms with Gasteiger partial charge in [0.2, 0.25) is 11.8 Å². The summed E-state index contributed by atoms with van der Waals surface area (Å²) in [5, 5.41) is 13.4. The first-order valence-electron chi connectivity index (χ1n) is 9.51. The molecule has 1 saturated heterocycles. The van der Waals surface area contributed by atoms with Crippen molar-refractivity contribution in [1.29, 1.82) is 0 Å². The highest BCUT2D eigenvalue weighted by Crippen LogP contribution is 2.20. The molecule has 1 aliphatic rings. The second-order valence-electron chi connectivity index (χ2n) is 7.24. The fourth-order valence-electron chi connectivity index (χ4n) is 3.41. The summed E-state index contributed by atoms with van der Waals surface area (Å²) in [5.41, 5.74) is 0.118. The van der Waals surface area contributed by atoms with E-state index in [1.165, 1.54) is 5.56 Å². The quantitative estimate of drug-likeness (QED) is 0.622. The van der Waals surface area contributed by atoms with Gasteiger partial charge in [0.15, 0.2) is 0 Å². The molecule has 1 aromatic rings. The van der Waals surface area contributed by atoms with Gasteiger partial charge in [0.05, 0.1) is 11.5 Å². The minimum Gasteiger partial charge on any atom is -0.387 e. The molecule has 2 rings (SSSR count). The molecule has 5 nitrogen and oxygen atoms in total. The summed E-state index contributed by atoms with van der Waals surface area (Å²) in [6.07, 6.45) is 5.75. The lowest BCUT2D eigenvalue weighted by molar-refractivity contribution is -0.138. The first-order chi connectivity index (χ1) is 13.0. The van der Waals surface area contributed by atoms with E-state index in [0.717, 1.165) is 6.42 Å². The van der Waals surface area contributed by atoms with Gasteiger partial charge in [-0.2, -0.15) is 0 Å². The number of carbonyl (C=O) groups excluding carboxylic acids is 2. The van der Waals surface area contributed by atoms with E-state index >= 15 is 0 Å². The molecule has 2 amide bonds. The highest BCUT2D eigenvalue weighted by molar-refractivity contribution is 5.83. The number of aliphatic hydroxyl groups is 1. The Morgan fingerprint density at radius 3 is 2.56 bits per heavy atom. The molecule has 0 spiro atoms. The van der Waals surface area contributed by atoms with Crippen LogP contribution in [0, 0.1) is 5.92 Å². The van der Waals surface area contributed by atoms with Gasteiger partial charge < -0.3 is 15.3 Å². The third-order valence-corrected chi connectivity index (χ3v) is 5.02. The zero-order valence-corrected chi connectivity index (χ0v) is 15.9. The smallest absolute Gasteiger partial charge is 0.225 e. The van der Waals surface area contributed by atoms with Gasteiger partial charge in [-0.25, -0.2) is 0 Å². The van der Waals surface area contributed by atoms with Crippen LogP contribution in [0.25, 0.3) is 0 Å². The molecule has 0 saturated carbocycles. The van der Waals surface area contributed by atoms with Crippen LogP contribution in [0.2, 0.25) is 0 Å². The predicted octanol–water partition coefficient (Wildman–Crippen LogP) is 2.47. The van der Waals surface area contributed by atoms with Gasteiger partial charge in [-0.15, -0.1) is 13.2 Å². The van der Waals surface area contributed by atoms with Crippen molar-refractivity contribution < 1.29 is 14.7 Å². The number of nitrogens with zero attached hydrogens (tertiary/aromatic N) is 1. The van der Waals surface area contributed by atoms with E-state index in [2.05, 4.69) is 18.5 Å². The van der Waals surface area contributed by atoms with Gasteiger partial charge in [-0.05, 0) is 31.2 Å². The first-order valence-corrected chi connectivity index (χ1v) is 9.51. The lowest BCUT2D eigenvalue weighted by atomic mass is 9.93. The maximum atomic E-state index is 12.6. The molecule has 1 fully saturated rings. The van der Waals surface area contributed by atoms with E-state index in [-0.39, 0.29) is 24.3 Å². The Morgan fingerprint density at radius 2 is 1.93 bits per heavy atom. The Morgan fingerprint density at radius 1 is 1.26 bits per heavy atom. The molecule has 0 aromatic heterocycles.